The van der Waals surface area contributed by atoms with Crippen LogP contribution in [0.4, 0.5) is 0 Å². The SMILES string of the molecule is COC(=O)c1ccc2nnc(CCC3CCCCC3)n2c1. The average Bonchev–Trinajstić information content (AvgIpc) is 2.95. The molecule has 5 nitrogen and oxygen atoms in total. The number of rotatable bonds is 4. The Labute approximate surface area is 124 Å². The predicted octanol–water partition coefficient (Wildman–Crippen LogP) is 3.03. The zero-order chi connectivity index (χ0) is 14.7. The van der Waals surface area contributed by atoms with E-state index in [0.717, 1.165) is 30.2 Å². The Bertz CT molecular complexity index is 629. The van der Waals surface area contributed by atoms with Crippen molar-refractivity contribution in [2.45, 2.75) is 44.9 Å². The fourth-order valence-electron chi connectivity index (χ4n) is 3.16. The lowest BCUT2D eigenvalue weighted by atomic mass is 9.86. The first-order chi connectivity index (χ1) is 10.3. The summed E-state index contributed by atoms with van der Waals surface area (Å²) in [7, 11) is 1.39. The van der Waals surface area contributed by atoms with E-state index in [9.17, 15) is 4.79 Å². The van der Waals surface area contributed by atoms with E-state index >= 15 is 0 Å². The second-order valence-corrected chi connectivity index (χ2v) is 5.80. The lowest BCUT2D eigenvalue weighted by Crippen LogP contribution is -2.09. The van der Waals surface area contributed by atoms with Crippen LogP contribution >= 0.6 is 0 Å². The fraction of sp³-hybridized carbons (Fsp3) is 0.562. The molecule has 0 spiro atoms. The molecule has 1 saturated carbocycles. The number of hydrogen-bond acceptors (Lipinski definition) is 4. The summed E-state index contributed by atoms with van der Waals surface area (Å²) in [6, 6.07) is 3.53. The molecule has 0 amide bonds. The number of methoxy groups -OCH3 is 1. The number of carbonyl (C=O) groups excluding carboxylic acids is 1. The fourth-order valence-corrected chi connectivity index (χ4v) is 3.16. The van der Waals surface area contributed by atoms with Crippen molar-refractivity contribution in [1.82, 2.24) is 14.6 Å². The van der Waals surface area contributed by atoms with Crippen LogP contribution in [0, 0.1) is 5.92 Å². The maximum atomic E-state index is 11.6. The summed E-state index contributed by atoms with van der Waals surface area (Å²) in [6.07, 6.45) is 10.6. The van der Waals surface area contributed by atoms with Crippen molar-refractivity contribution in [2.24, 2.45) is 5.92 Å². The van der Waals surface area contributed by atoms with Crippen molar-refractivity contribution >= 4 is 11.6 Å². The maximum Gasteiger partial charge on any atom is 0.339 e. The zero-order valence-corrected chi connectivity index (χ0v) is 12.4. The number of ether oxygens (including phenoxy) is 1. The molecule has 0 bridgehead atoms. The minimum Gasteiger partial charge on any atom is -0.465 e. The standard InChI is InChI=1S/C16H21N3O2/c1-21-16(20)13-8-10-15-18-17-14(19(15)11-13)9-7-12-5-3-2-4-6-12/h8,10-12H,2-7,9H2,1H3. The third kappa shape index (κ3) is 3.06. The van der Waals surface area contributed by atoms with Crippen LogP contribution in [0.25, 0.3) is 5.65 Å². The first-order valence-electron chi connectivity index (χ1n) is 7.70. The third-order valence-corrected chi connectivity index (χ3v) is 4.39. The number of esters is 1. The Morgan fingerprint density at radius 2 is 2.10 bits per heavy atom. The van der Waals surface area contributed by atoms with Gasteiger partial charge in [-0.1, -0.05) is 32.1 Å². The summed E-state index contributed by atoms with van der Waals surface area (Å²) in [4.78, 5) is 11.6. The molecule has 2 aromatic heterocycles. The second-order valence-electron chi connectivity index (χ2n) is 5.80. The van der Waals surface area contributed by atoms with Gasteiger partial charge >= 0.3 is 5.97 Å². The molecule has 2 heterocycles. The molecule has 1 aliphatic rings. The number of nitrogens with zero attached hydrogens (tertiary/aromatic N) is 3. The summed E-state index contributed by atoms with van der Waals surface area (Å²) in [6.45, 7) is 0. The van der Waals surface area contributed by atoms with E-state index in [-0.39, 0.29) is 5.97 Å². The summed E-state index contributed by atoms with van der Waals surface area (Å²) in [5.74, 6) is 1.42. The molecule has 0 N–H and O–H groups in total. The molecule has 5 heteroatoms. The number of aromatic nitrogens is 3. The predicted molar refractivity (Wildman–Crippen MR) is 79.2 cm³/mol. The molecule has 0 atom stereocenters. The molecule has 112 valence electrons. The highest BCUT2D eigenvalue weighted by Gasteiger charge is 2.15. The molecule has 0 unspecified atom stereocenters. The third-order valence-electron chi connectivity index (χ3n) is 4.39. The second kappa shape index (κ2) is 6.24. The molecular weight excluding hydrogens is 266 g/mol. The first-order valence-corrected chi connectivity index (χ1v) is 7.70. The van der Waals surface area contributed by atoms with Gasteiger partial charge in [0.25, 0.3) is 0 Å². The molecule has 1 aliphatic carbocycles. The van der Waals surface area contributed by atoms with Crippen LogP contribution in [-0.2, 0) is 11.2 Å². The van der Waals surface area contributed by atoms with Crippen molar-refractivity contribution in [3.05, 3.63) is 29.7 Å². The van der Waals surface area contributed by atoms with Crippen molar-refractivity contribution in [1.29, 1.82) is 0 Å². The van der Waals surface area contributed by atoms with E-state index in [1.54, 1.807) is 12.3 Å². The van der Waals surface area contributed by atoms with Gasteiger partial charge in [-0.05, 0) is 24.5 Å². The highest BCUT2D eigenvalue weighted by molar-refractivity contribution is 5.89. The van der Waals surface area contributed by atoms with Gasteiger partial charge in [0, 0.05) is 12.6 Å². The molecule has 3 rings (SSSR count). The van der Waals surface area contributed by atoms with Gasteiger partial charge < -0.3 is 4.74 Å². The van der Waals surface area contributed by atoms with Gasteiger partial charge in [-0.15, -0.1) is 10.2 Å². The first kappa shape index (κ1) is 14.0. The molecule has 2 aromatic rings. The molecule has 0 radical (unpaired) electrons. The van der Waals surface area contributed by atoms with Gasteiger partial charge in [0.1, 0.15) is 5.82 Å². The molecule has 0 aromatic carbocycles. The van der Waals surface area contributed by atoms with Gasteiger partial charge in [-0.25, -0.2) is 4.79 Å². The normalized spacial score (nSPS) is 16.2. The van der Waals surface area contributed by atoms with Crippen LogP contribution in [0.15, 0.2) is 18.3 Å². The van der Waals surface area contributed by atoms with Crippen LogP contribution < -0.4 is 0 Å². The van der Waals surface area contributed by atoms with Gasteiger partial charge in [0.15, 0.2) is 5.65 Å². The quantitative estimate of drug-likeness (QED) is 0.811. The molecule has 0 saturated heterocycles. The maximum absolute atomic E-state index is 11.6. The monoisotopic (exact) mass is 287 g/mol. The van der Waals surface area contributed by atoms with Crippen LogP contribution in [0.1, 0.15) is 54.7 Å². The van der Waals surface area contributed by atoms with Crippen molar-refractivity contribution < 1.29 is 9.53 Å². The number of carbonyl (C=O) groups is 1. The Kier molecular flexibility index (Phi) is 4.18. The van der Waals surface area contributed by atoms with E-state index in [1.165, 1.54) is 39.2 Å². The summed E-state index contributed by atoms with van der Waals surface area (Å²) in [5.41, 5.74) is 1.31. The molecule has 1 fully saturated rings. The Balaban J connectivity index is 1.76. The number of fused-ring (bicyclic) bond motifs is 1. The zero-order valence-electron chi connectivity index (χ0n) is 12.4. The smallest absolute Gasteiger partial charge is 0.339 e. The Morgan fingerprint density at radius 3 is 2.86 bits per heavy atom. The molecular formula is C16H21N3O2. The highest BCUT2D eigenvalue weighted by atomic mass is 16.5. The summed E-state index contributed by atoms with van der Waals surface area (Å²) >= 11 is 0. The highest BCUT2D eigenvalue weighted by Crippen LogP contribution is 2.27. The minimum atomic E-state index is -0.330. The molecule has 0 aliphatic heterocycles. The lowest BCUT2D eigenvalue weighted by Gasteiger charge is -2.20. The van der Waals surface area contributed by atoms with Gasteiger partial charge in [0.2, 0.25) is 0 Å². The minimum absolute atomic E-state index is 0.330. The van der Waals surface area contributed by atoms with E-state index < -0.39 is 0 Å². The van der Waals surface area contributed by atoms with E-state index in [2.05, 4.69) is 10.2 Å². The van der Waals surface area contributed by atoms with Gasteiger partial charge in [-0.3, -0.25) is 4.40 Å². The summed E-state index contributed by atoms with van der Waals surface area (Å²) < 4.78 is 6.68. The Hall–Kier alpha value is -1.91. The lowest BCUT2D eigenvalue weighted by molar-refractivity contribution is 0.0600. The van der Waals surface area contributed by atoms with Crippen LogP contribution in [-0.4, -0.2) is 27.7 Å². The number of pyridine rings is 1. The van der Waals surface area contributed by atoms with Crippen molar-refractivity contribution in [3.63, 3.8) is 0 Å². The van der Waals surface area contributed by atoms with E-state index in [0.29, 0.717) is 5.56 Å². The number of hydrogen-bond donors (Lipinski definition) is 0. The topological polar surface area (TPSA) is 56.5 Å². The van der Waals surface area contributed by atoms with Crippen LogP contribution in [0.5, 0.6) is 0 Å². The number of aryl methyl sites for hydroxylation is 1. The largest absolute Gasteiger partial charge is 0.465 e. The van der Waals surface area contributed by atoms with E-state index in [4.69, 9.17) is 4.74 Å². The molecule has 21 heavy (non-hydrogen) atoms. The summed E-state index contributed by atoms with van der Waals surface area (Å²) in [5, 5.41) is 8.44. The van der Waals surface area contributed by atoms with Crippen molar-refractivity contribution in [2.75, 3.05) is 7.11 Å². The van der Waals surface area contributed by atoms with E-state index in [1.807, 2.05) is 10.5 Å². The van der Waals surface area contributed by atoms with Crippen LogP contribution in [0.3, 0.4) is 0 Å². The Morgan fingerprint density at radius 1 is 1.29 bits per heavy atom. The van der Waals surface area contributed by atoms with Crippen molar-refractivity contribution in [3.8, 4) is 0 Å². The van der Waals surface area contributed by atoms with Gasteiger partial charge in [0.05, 0.1) is 12.7 Å². The average molecular weight is 287 g/mol. The van der Waals surface area contributed by atoms with Crippen LogP contribution in [0.2, 0.25) is 0 Å². The van der Waals surface area contributed by atoms with Gasteiger partial charge in [-0.2, -0.15) is 0 Å².